The number of ether oxygens (including phenoxy) is 1. The Bertz CT molecular complexity index is 772. The molecule has 0 atom stereocenters. The molecule has 0 aliphatic carbocycles. The number of hydrogen-bond acceptors (Lipinski definition) is 4. The molecular formula is C19H23F2N5O2. The molecule has 28 heavy (non-hydrogen) atoms. The van der Waals surface area contributed by atoms with Gasteiger partial charge in [0.15, 0.2) is 5.96 Å². The third-order valence-electron chi connectivity index (χ3n) is 3.57. The van der Waals surface area contributed by atoms with Crippen molar-refractivity contribution in [2.45, 2.75) is 20.1 Å². The summed E-state index contributed by atoms with van der Waals surface area (Å²) in [5.41, 5.74) is 1.03. The fourth-order valence-corrected chi connectivity index (χ4v) is 2.31. The molecule has 2 aromatic rings. The normalized spacial score (nSPS) is 11.2. The number of benzene rings is 1. The number of rotatable bonds is 9. The summed E-state index contributed by atoms with van der Waals surface area (Å²) in [4.78, 5) is 20.2. The fraction of sp³-hybridized carbons (Fsp3) is 0.316. The van der Waals surface area contributed by atoms with Gasteiger partial charge in [-0.25, -0.2) is 4.99 Å². The number of amides is 1. The minimum atomic E-state index is -2.89. The molecule has 0 aliphatic heterocycles. The van der Waals surface area contributed by atoms with Gasteiger partial charge in [0.25, 0.3) is 5.91 Å². The highest BCUT2D eigenvalue weighted by molar-refractivity contribution is 5.93. The van der Waals surface area contributed by atoms with Crippen LogP contribution in [0.4, 0.5) is 8.78 Å². The van der Waals surface area contributed by atoms with Crippen LogP contribution in [0.25, 0.3) is 0 Å². The lowest BCUT2D eigenvalue weighted by molar-refractivity contribution is -0.0504. The lowest BCUT2D eigenvalue weighted by atomic mass is 10.2. The molecule has 150 valence electrons. The quantitative estimate of drug-likeness (QED) is 0.346. The van der Waals surface area contributed by atoms with E-state index >= 15 is 0 Å². The third-order valence-corrected chi connectivity index (χ3v) is 3.57. The second kappa shape index (κ2) is 11.5. The van der Waals surface area contributed by atoms with Crippen molar-refractivity contribution in [1.82, 2.24) is 20.9 Å². The topological polar surface area (TPSA) is 87.6 Å². The third kappa shape index (κ3) is 7.18. The number of nitrogens with zero attached hydrogens (tertiary/aromatic N) is 2. The minimum Gasteiger partial charge on any atom is -0.434 e. The molecule has 7 nitrogen and oxygen atoms in total. The molecule has 3 N–H and O–H groups in total. The van der Waals surface area contributed by atoms with E-state index in [0.717, 1.165) is 0 Å². The maximum atomic E-state index is 12.5. The number of carbonyl (C=O) groups excluding carboxylic acids is 1. The monoisotopic (exact) mass is 391 g/mol. The Balaban J connectivity index is 1.86. The van der Waals surface area contributed by atoms with E-state index in [4.69, 9.17) is 0 Å². The number of halogens is 2. The number of guanidine groups is 1. The van der Waals surface area contributed by atoms with Gasteiger partial charge < -0.3 is 20.7 Å². The van der Waals surface area contributed by atoms with Crippen molar-refractivity contribution in [3.63, 3.8) is 0 Å². The van der Waals surface area contributed by atoms with Gasteiger partial charge in [-0.05, 0) is 25.1 Å². The van der Waals surface area contributed by atoms with Crippen LogP contribution in [0.15, 0.2) is 53.8 Å². The van der Waals surface area contributed by atoms with Gasteiger partial charge in [-0.3, -0.25) is 9.78 Å². The smallest absolute Gasteiger partial charge is 0.387 e. The maximum Gasteiger partial charge on any atom is 0.387 e. The summed E-state index contributed by atoms with van der Waals surface area (Å²) in [6, 6.07) is 9.89. The largest absolute Gasteiger partial charge is 0.434 e. The minimum absolute atomic E-state index is 0.0980. The Kier molecular flexibility index (Phi) is 8.64. The van der Waals surface area contributed by atoms with Crippen LogP contribution in [0, 0.1) is 0 Å². The molecule has 1 heterocycles. The Morgan fingerprint density at radius 3 is 2.64 bits per heavy atom. The Morgan fingerprint density at radius 2 is 1.93 bits per heavy atom. The van der Waals surface area contributed by atoms with Crippen LogP contribution in [0.5, 0.6) is 5.75 Å². The lowest BCUT2D eigenvalue weighted by Crippen LogP contribution is -2.41. The van der Waals surface area contributed by atoms with Crippen LogP contribution in [-0.2, 0) is 6.54 Å². The van der Waals surface area contributed by atoms with Crippen LogP contribution in [0.1, 0.15) is 22.8 Å². The number of para-hydroxylation sites is 1. The van der Waals surface area contributed by atoms with Crippen molar-refractivity contribution in [1.29, 1.82) is 0 Å². The zero-order valence-electron chi connectivity index (χ0n) is 15.5. The number of carbonyl (C=O) groups is 1. The molecule has 1 aromatic carbocycles. The SMILES string of the molecule is CCNC(=NCc1ccccc1OC(F)F)NCCNC(=O)c1cccnc1. The average molecular weight is 391 g/mol. The molecule has 0 radical (unpaired) electrons. The van der Waals surface area contributed by atoms with Crippen LogP contribution in [-0.4, -0.2) is 43.1 Å². The zero-order chi connectivity index (χ0) is 20.2. The Morgan fingerprint density at radius 1 is 1.14 bits per heavy atom. The number of aromatic nitrogens is 1. The van der Waals surface area contributed by atoms with Crippen molar-refractivity contribution in [3.8, 4) is 5.75 Å². The molecule has 1 aromatic heterocycles. The predicted octanol–water partition coefficient (Wildman–Crippen LogP) is 2.17. The first kappa shape index (κ1) is 21.1. The predicted molar refractivity (Wildman–Crippen MR) is 102 cm³/mol. The number of pyridine rings is 1. The van der Waals surface area contributed by atoms with E-state index < -0.39 is 6.61 Å². The van der Waals surface area contributed by atoms with E-state index in [9.17, 15) is 13.6 Å². The van der Waals surface area contributed by atoms with Crippen LogP contribution < -0.4 is 20.7 Å². The second-order valence-corrected chi connectivity index (χ2v) is 5.61. The van der Waals surface area contributed by atoms with Crippen LogP contribution >= 0.6 is 0 Å². The first-order valence-corrected chi connectivity index (χ1v) is 8.83. The van der Waals surface area contributed by atoms with Crippen molar-refractivity contribution in [2.75, 3.05) is 19.6 Å². The molecule has 0 saturated heterocycles. The van der Waals surface area contributed by atoms with E-state index in [1.807, 2.05) is 6.92 Å². The highest BCUT2D eigenvalue weighted by Crippen LogP contribution is 2.20. The molecule has 0 aliphatic rings. The number of aliphatic imine (C=N–C) groups is 1. The van der Waals surface area contributed by atoms with Crippen LogP contribution in [0.3, 0.4) is 0 Å². The number of nitrogens with one attached hydrogen (secondary N) is 3. The van der Waals surface area contributed by atoms with Crippen molar-refractivity contribution >= 4 is 11.9 Å². The van der Waals surface area contributed by atoms with Gasteiger partial charge in [0, 0.05) is 37.6 Å². The molecule has 0 spiro atoms. The molecule has 9 heteroatoms. The van der Waals surface area contributed by atoms with Gasteiger partial charge in [-0.15, -0.1) is 0 Å². The summed E-state index contributed by atoms with van der Waals surface area (Å²) in [6.45, 7) is 0.634. The second-order valence-electron chi connectivity index (χ2n) is 5.61. The van der Waals surface area contributed by atoms with Gasteiger partial charge in [-0.1, -0.05) is 18.2 Å². The van der Waals surface area contributed by atoms with Gasteiger partial charge in [-0.2, -0.15) is 8.78 Å². The molecule has 0 fully saturated rings. The standard InChI is InChI=1S/C19H23F2N5O2/c1-2-23-19(25-11-10-24-17(27)15-7-5-9-22-12-15)26-13-14-6-3-4-8-16(14)28-18(20)21/h3-9,12,18H,2,10-11,13H2,1H3,(H,24,27)(H2,23,25,26). The summed E-state index contributed by atoms with van der Waals surface area (Å²) < 4.78 is 29.5. The highest BCUT2D eigenvalue weighted by Gasteiger charge is 2.09. The fourth-order valence-electron chi connectivity index (χ4n) is 2.31. The van der Waals surface area contributed by atoms with Gasteiger partial charge >= 0.3 is 6.61 Å². The highest BCUT2D eigenvalue weighted by atomic mass is 19.3. The summed E-state index contributed by atoms with van der Waals surface area (Å²) in [5.74, 6) is 0.390. The zero-order valence-corrected chi connectivity index (χ0v) is 15.5. The van der Waals surface area contributed by atoms with E-state index in [1.54, 1.807) is 36.5 Å². The molecule has 2 rings (SSSR count). The van der Waals surface area contributed by atoms with Gasteiger partial charge in [0.1, 0.15) is 5.75 Å². The van der Waals surface area contributed by atoms with Crippen molar-refractivity contribution in [2.24, 2.45) is 4.99 Å². The van der Waals surface area contributed by atoms with Gasteiger partial charge in [0.05, 0.1) is 12.1 Å². The summed E-state index contributed by atoms with van der Waals surface area (Å²) in [5, 5.41) is 8.91. The summed E-state index contributed by atoms with van der Waals surface area (Å²) in [6.07, 6.45) is 3.09. The number of alkyl halides is 2. The summed E-state index contributed by atoms with van der Waals surface area (Å²) in [7, 11) is 0. The Labute approximate surface area is 162 Å². The van der Waals surface area contributed by atoms with E-state index in [0.29, 0.717) is 36.7 Å². The Hall–Kier alpha value is -3.23. The van der Waals surface area contributed by atoms with Crippen molar-refractivity contribution < 1.29 is 18.3 Å². The maximum absolute atomic E-state index is 12.5. The molecule has 1 amide bonds. The van der Waals surface area contributed by atoms with Crippen LogP contribution in [0.2, 0.25) is 0 Å². The lowest BCUT2D eigenvalue weighted by Gasteiger charge is -2.13. The van der Waals surface area contributed by atoms with E-state index in [2.05, 4.69) is 30.7 Å². The van der Waals surface area contributed by atoms with Gasteiger partial charge in [0.2, 0.25) is 0 Å². The first-order valence-electron chi connectivity index (χ1n) is 8.83. The summed E-state index contributed by atoms with van der Waals surface area (Å²) >= 11 is 0. The molecule has 0 bridgehead atoms. The van der Waals surface area contributed by atoms with E-state index in [1.165, 1.54) is 12.3 Å². The molecule has 0 unspecified atom stereocenters. The average Bonchev–Trinajstić information content (AvgIpc) is 2.70. The molecular weight excluding hydrogens is 368 g/mol. The van der Waals surface area contributed by atoms with Crippen molar-refractivity contribution in [3.05, 3.63) is 59.9 Å². The number of hydrogen-bond donors (Lipinski definition) is 3. The first-order chi connectivity index (χ1) is 13.6. The van der Waals surface area contributed by atoms with E-state index in [-0.39, 0.29) is 18.2 Å². The molecule has 0 saturated carbocycles.